The summed E-state index contributed by atoms with van der Waals surface area (Å²) in [5, 5.41) is 0. The highest BCUT2D eigenvalue weighted by Gasteiger charge is 2.49. The molecule has 0 aliphatic carbocycles. The molecule has 1 fully saturated rings. The normalized spacial score (nSPS) is 20.5. The summed E-state index contributed by atoms with van der Waals surface area (Å²) < 4.78 is 22.8. The maximum absolute atomic E-state index is 5.95. The first-order valence-electron chi connectivity index (χ1n) is 8.48. The van der Waals surface area contributed by atoms with Crippen molar-refractivity contribution in [3.8, 4) is 5.75 Å². The molecule has 5 heteroatoms. The molecule has 4 nitrogen and oxygen atoms in total. The molecule has 0 N–H and O–H groups in total. The van der Waals surface area contributed by atoms with Crippen molar-refractivity contribution >= 4 is 7.12 Å². The van der Waals surface area contributed by atoms with Gasteiger partial charge in [0, 0.05) is 0 Å². The van der Waals surface area contributed by atoms with Crippen LogP contribution in [0.15, 0.2) is 36.3 Å². The molecule has 1 heterocycles. The van der Waals surface area contributed by atoms with Gasteiger partial charge in [-0.05, 0) is 51.3 Å². The van der Waals surface area contributed by atoms with Crippen molar-refractivity contribution in [3.63, 3.8) is 0 Å². The summed E-state index contributed by atoms with van der Waals surface area (Å²) in [5.41, 5.74) is 0.546. The van der Waals surface area contributed by atoms with Gasteiger partial charge < -0.3 is 18.8 Å². The lowest BCUT2D eigenvalue weighted by molar-refractivity contribution is 0.00578. The van der Waals surface area contributed by atoms with Gasteiger partial charge >= 0.3 is 7.12 Å². The lowest BCUT2D eigenvalue weighted by Gasteiger charge is -2.32. The minimum atomic E-state index is -0.296. The molecule has 0 unspecified atom stereocenters. The Kier molecular flexibility index (Phi) is 6.13. The number of rotatable bonds is 7. The van der Waals surface area contributed by atoms with E-state index in [-0.39, 0.29) is 18.3 Å². The van der Waals surface area contributed by atoms with Crippen LogP contribution in [0.1, 0.15) is 40.2 Å². The van der Waals surface area contributed by atoms with Crippen LogP contribution in [0.4, 0.5) is 0 Å². The van der Waals surface area contributed by atoms with Gasteiger partial charge in [-0.15, -0.1) is 0 Å². The Bertz CT molecular complexity index is 535. The third-order valence-electron chi connectivity index (χ3n) is 4.68. The first kappa shape index (κ1) is 19.0. The number of hydrogen-bond acceptors (Lipinski definition) is 4. The molecule has 0 aromatic heterocycles. The first-order valence-corrected chi connectivity index (χ1v) is 8.48. The van der Waals surface area contributed by atoms with Gasteiger partial charge in [0.05, 0.1) is 31.5 Å². The van der Waals surface area contributed by atoms with Gasteiger partial charge in [-0.25, -0.2) is 0 Å². The zero-order valence-electron chi connectivity index (χ0n) is 15.7. The minimum absolute atomic E-state index is 0.293. The molecule has 0 bridgehead atoms. The van der Waals surface area contributed by atoms with Gasteiger partial charge in [0.15, 0.2) is 0 Å². The number of ether oxygens (including phenoxy) is 2. The van der Waals surface area contributed by atoms with Crippen LogP contribution in [-0.2, 0) is 20.7 Å². The minimum Gasteiger partial charge on any atom is -0.497 e. The molecule has 2 rings (SSSR count). The van der Waals surface area contributed by atoms with Crippen LogP contribution in [0, 0.1) is 5.92 Å². The summed E-state index contributed by atoms with van der Waals surface area (Å²) in [6.45, 7) is 11.6. The van der Waals surface area contributed by atoms with Gasteiger partial charge in [0.25, 0.3) is 0 Å². The van der Waals surface area contributed by atoms with Crippen molar-refractivity contribution in [3.05, 3.63) is 41.9 Å². The summed E-state index contributed by atoms with van der Waals surface area (Å²) in [7, 11) is 1.37. The lowest BCUT2D eigenvalue weighted by atomic mass is 9.88. The zero-order valence-corrected chi connectivity index (χ0v) is 15.7. The van der Waals surface area contributed by atoms with Crippen LogP contribution in [0.5, 0.6) is 5.75 Å². The number of benzene rings is 1. The van der Waals surface area contributed by atoms with Gasteiger partial charge in [0.1, 0.15) is 5.75 Å². The molecule has 1 aromatic rings. The quantitative estimate of drug-likeness (QED) is 0.706. The van der Waals surface area contributed by atoms with E-state index in [1.807, 2.05) is 30.2 Å². The standard InChI is InChI=1S/C19H29BO4/c1-15(11-12-20-23-18(2,3)19(4,5)24-20)13-22-14-16-7-9-17(21-6)10-8-16/h7-12,15H,13-14H2,1-6H3/b12-11+/t15-/m0/s1. The third kappa shape index (κ3) is 4.85. The largest absolute Gasteiger partial charge is 0.497 e. The summed E-state index contributed by atoms with van der Waals surface area (Å²) in [5.74, 6) is 3.14. The average molecular weight is 332 g/mol. The fraction of sp³-hybridized carbons (Fsp3) is 0.579. The van der Waals surface area contributed by atoms with E-state index < -0.39 is 0 Å². The van der Waals surface area contributed by atoms with E-state index in [0.717, 1.165) is 11.3 Å². The fourth-order valence-electron chi connectivity index (χ4n) is 2.39. The Morgan fingerprint density at radius 3 is 2.21 bits per heavy atom. The van der Waals surface area contributed by atoms with Crippen LogP contribution < -0.4 is 4.74 Å². The topological polar surface area (TPSA) is 36.9 Å². The van der Waals surface area contributed by atoms with Crippen molar-refractivity contribution < 1.29 is 18.8 Å². The second kappa shape index (κ2) is 7.73. The van der Waals surface area contributed by atoms with Gasteiger partial charge in [0.2, 0.25) is 0 Å². The predicted molar refractivity (Wildman–Crippen MR) is 97.0 cm³/mol. The van der Waals surface area contributed by atoms with E-state index >= 15 is 0 Å². The van der Waals surface area contributed by atoms with Crippen LogP contribution in [0.2, 0.25) is 0 Å². The maximum Gasteiger partial charge on any atom is 0.486 e. The Labute approximate surface area is 146 Å². The molecule has 1 aliphatic heterocycles. The van der Waals surface area contributed by atoms with Crippen LogP contribution in [0.3, 0.4) is 0 Å². The van der Waals surface area contributed by atoms with Crippen molar-refractivity contribution in [1.82, 2.24) is 0 Å². The summed E-state index contributed by atoms with van der Waals surface area (Å²) in [6.07, 6.45) is 2.09. The van der Waals surface area contributed by atoms with E-state index in [9.17, 15) is 0 Å². The summed E-state index contributed by atoms with van der Waals surface area (Å²) in [6, 6.07) is 7.92. The maximum atomic E-state index is 5.95. The Morgan fingerprint density at radius 2 is 1.67 bits per heavy atom. The predicted octanol–water partition coefficient (Wildman–Crippen LogP) is 4.04. The highest BCUT2D eigenvalue weighted by molar-refractivity contribution is 6.51. The smallest absolute Gasteiger partial charge is 0.486 e. The van der Waals surface area contributed by atoms with Crippen molar-refractivity contribution in [2.45, 2.75) is 52.4 Å². The van der Waals surface area contributed by atoms with E-state index in [1.165, 1.54) is 0 Å². The molecule has 1 atom stereocenters. The summed E-state index contributed by atoms with van der Waals surface area (Å²) >= 11 is 0. The van der Waals surface area contributed by atoms with E-state index in [1.54, 1.807) is 7.11 Å². The van der Waals surface area contributed by atoms with E-state index in [0.29, 0.717) is 19.1 Å². The molecule has 0 radical (unpaired) electrons. The van der Waals surface area contributed by atoms with E-state index in [2.05, 4.69) is 40.7 Å². The molecule has 132 valence electrons. The van der Waals surface area contributed by atoms with Gasteiger partial charge in [-0.2, -0.15) is 0 Å². The second-order valence-corrected chi connectivity index (χ2v) is 7.35. The fourth-order valence-corrected chi connectivity index (χ4v) is 2.39. The second-order valence-electron chi connectivity index (χ2n) is 7.35. The van der Waals surface area contributed by atoms with Crippen LogP contribution in [0.25, 0.3) is 0 Å². The van der Waals surface area contributed by atoms with Gasteiger partial charge in [-0.1, -0.05) is 31.1 Å². The average Bonchev–Trinajstić information content (AvgIpc) is 2.73. The molecule has 0 spiro atoms. The molecular formula is C19H29BO4. The molecular weight excluding hydrogens is 303 g/mol. The summed E-state index contributed by atoms with van der Waals surface area (Å²) in [4.78, 5) is 0. The lowest BCUT2D eigenvalue weighted by Crippen LogP contribution is -2.41. The molecule has 1 saturated heterocycles. The first-order chi connectivity index (χ1) is 11.2. The van der Waals surface area contributed by atoms with Crippen molar-refractivity contribution in [2.24, 2.45) is 5.92 Å². The van der Waals surface area contributed by atoms with Gasteiger partial charge in [-0.3, -0.25) is 0 Å². The Hall–Kier alpha value is -1.30. The molecule has 1 aromatic carbocycles. The zero-order chi connectivity index (χ0) is 17.8. The van der Waals surface area contributed by atoms with Crippen molar-refractivity contribution in [2.75, 3.05) is 13.7 Å². The van der Waals surface area contributed by atoms with Crippen LogP contribution in [-0.4, -0.2) is 32.0 Å². The molecule has 0 saturated carbocycles. The monoisotopic (exact) mass is 332 g/mol. The Balaban J connectivity index is 1.74. The highest BCUT2D eigenvalue weighted by Crippen LogP contribution is 2.36. The Morgan fingerprint density at radius 1 is 1.08 bits per heavy atom. The highest BCUT2D eigenvalue weighted by atomic mass is 16.7. The molecule has 24 heavy (non-hydrogen) atoms. The number of methoxy groups -OCH3 is 1. The van der Waals surface area contributed by atoms with Crippen molar-refractivity contribution in [1.29, 1.82) is 0 Å². The SMILES string of the molecule is COc1ccc(COC[C@@H](C)/C=C/B2OC(C)(C)C(C)(C)O2)cc1. The number of hydrogen-bond donors (Lipinski definition) is 0. The molecule has 1 aliphatic rings. The van der Waals surface area contributed by atoms with Crippen LogP contribution >= 0.6 is 0 Å². The molecule has 0 amide bonds. The third-order valence-corrected chi connectivity index (χ3v) is 4.68. The van der Waals surface area contributed by atoms with E-state index in [4.69, 9.17) is 18.8 Å².